The molecule has 0 saturated heterocycles. The summed E-state index contributed by atoms with van der Waals surface area (Å²) in [5, 5.41) is 15.7. The number of ether oxygens (including phenoxy) is 2. The zero-order valence-corrected chi connectivity index (χ0v) is 13.8. The maximum atomic E-state index is 10.8. The molecular formula is C15H17N3O5S. The molecule has 0 radical (unpaired) electrons. The molecule has 1 aromatic heterocycles. The number of hydrogen-bond acceptors (Lipinski definition) is 7. The first kappa shape index (κ1) is 17.7. The largest absolute Gasteiger partial charge is 0.493 e. The predicted octanol–water partition coefficient (Wildman–Crippen LogP) is 1.82. The molecule has 0 aliphatic rings. The van der Waals surface area contributed by atoms with Crippen LogP contribution in [0.4, 0.5) is 5.00 Å². The van der Waals surface area contributed by atoms with Crippen LogP contribution in [0.3, 0.4) is 0 Å². The molecule has 1 aromatic carbocycles. The van der Waals surface area contributed by atoms with E-state index in [2.05, 4.69) is 5.32 Å². The van der Waals surface area contributed by atoms with E-state index in [9.17, 15) is 14.9 Å². The SMILES string of the molecule is COc1cc(CNCc2csc([N+](=O)[O-])c2)ccc1OCC(N)=O. The van der Waals surface area contributed by atoms with Gasteiger partial charge < -0.3 is 20.5 Å². The Morgan fingerprint density at radius 2 is 2.04 bits per heavy atom. The van der Waals surface area contributed by atoms with Crippen molar-refractivity contribution >= 4 is 22.2 Å². The number of benzene rings is 1. The second kappa shape index (κ2) is 8.27. The molecule has 0 saturated carbocycles. The third-order valence-electron chi connectivity index (χ3n) is 3.08. The lowest BCUT2D eigenvalue weighted by molar-refractivity contribution is -0.380. The molecule has 0 fully saturated rings. The number of hydrogen-bond donors (Lipinski definition) is 2. The zero-order chi connectivity index (χ0) is 17.5. The molecule has 1 heterocycles. The highest BCUT2D eigenvalue weighted by Crippen LogP contribution is 2.28. The van der Waals surface area contributed by atoms with Crippen molar-refractivity contribution in [2.75, 3.05) is 13.7 Å². The first-order valence-corrected chi connectivity index (χ1v) is 7.88. The van der Waals surface area contributed by atoms with Crippen LogP contribution in [-0.4, -0.2) is 24.5 Å². The van der Waals surface area contributed by atoms with Gasteiger partial charge in [-0.05, 0) is 23.3 Å². The maximum Gasteiger partial charge on any atom is 0.324 e. The molecule has 2 aromatic rings. The number of nitro groups is 1. The number of nitrogens with one attached hydrogen (secondary N) is 1. The fraction of sp³-hybridized carbons (Fsp3) is 0.267. The van der Waals surface area contributed by atoms with Gasteiger partial charge in [0.15, 0.2) is 18.1 Å². The van der Waals surface area contributed by atoms with E-state index in [1.54, 1.807) is 23.6 Å². The van der Waals surface area contributed by atoms with Crippen LogP contribution in [0.2, 0.25) is 0 Å². The van der Waals surface area contributed by atoms with E-state index in [0.717, 1.165) is 22.5 Å². The molecule has 128 valence electrons. The Hall–Kier alpha value is -2.65. The highest BCUT2D eigenvalue weighted by molar-refractivity contribution is 7.13. The molecule has 0 unspecified atom stereocenters. The number of carbonyl (C=O) groups excluding carboxylic acids is 1. The Morgan fingerprint density at radius 1 is 1.29 bits per heavy atom. The summed E-state index contributed by atoms with van der Waals surface area (Å²) in [6, 6.07) is 6.88. The quantitative estimate of drug-likeness (QED) is 0.526. The van der Waals surface area contributed by atoms with Crippen molar-refractivity contribution in [3.8, 4) is 11.5 Å². The second-order valence-corrected chi connectivity index (χ2v) is 5.78. The molecule has 2 rings (SSSR count). The second-order valence-electron chi connectivity index (χ2n) is 4.89. The molecule has 24 heavy (non-hydrogen) atoms. The fourth-order valence-electron chi connectivity index (χ4n) is 1.99. The van der Waals surface area contributed by atoms with Gasteiger partial charge in [0.05, 0.1) is 12.0 Å². The third-order valence-corrected chi connectivity index (χ3v) is 4.01. The molecule has 3 N–H and O–H groups in total. The highest BCUT2D eigenvalue weighted by Gasteiger charge is 2.10. The maximum absolute atomic E-state index is 10.8. The van der Waals surface area contributed by atoms with Crippen molar-refractivity contribution in [3.05, 3.63) is 50.9 Å². The standard InChI is InChI=1S/C15H17N3O5S/c1-22-13-4-10(2-3-12(13)23-8-14(16)19)6-17-7-11-5-15(18(20)21)24-9-11/h2-5,9,17H,6-8H2,1H3,(H2,16,19). The first-order valence-electron chi connectivity index (χ1n) is 7.00. The summed E-state index contributed by atoms with van der Waals surface area (Å²) in [5.74, 6) is 0.378. The van der Waals surface area contributed by atoms with Crippen molar-refractivity contribution in [3.63, 3.8) is 0 Å². The Morgan fingerprint density at radius 3 is 2.67 bits per heavy atom. The lowest BCUT2D eigenvalue weighted by Gasteiger charge is -2.11. The van der Waals surface area contributed by atoms with E-state index in [4.69, 9.17) is 15.2 Å². The molecule has 0 aliphatic heterocycles. The van der Waals surface area contributed by atoms with E-state index in [1.807, 2.05) is 6.07 Å². The fourth-order valence-corrected chi connectivity index (χ4v) is 2.72. The van der Waals surface area contributed by atoms with Gasteiger partial charge in [-0.3, -0.25) is 14.9 Å². The van der Waals surface area contributed by atoms with Gasteiger partial charge in [-0.2, -0.15) is 0 Å². The van der Waals surface area contributed by atoms with E-state index in [1.165, 1.54) is 7.11 Å². The lowest BCUT2D eigenvalue weighted by Crippen LogP contribution is -2.20. The number of nitrogens with two attached hydrogens (primary N) is 1. The number of carbonyl (C=O) groups is 1. The average Bonchev–Trinajstić information content (AvgIpc) is 3.02. The van der Waals surface area contributed by atoms with Crippen LogP contribution in [0.15, 0.2) is 29.6 Å². The Balaban J connectivity index is 1.92. The minimum atomic E-state index is -0.562. The van der Waals surface area contributed by atoms with Crippen LogP contribution >= 0.6 is 11.3 Å². The van der Waals surface area contributed by atoms with Crippen LogP contribution in [0.25, 0.3) is 0 Å². The van der Waals surface area contributed by atoms with Crippen molar-refractivity contribution < 1.29 is 19.2 Å². The van der Waals surface area contributed by atoms with E-state index >= 15 is 0 Å². The van der Waals surface area contributed by atoms with Crippen molar-refractivity contribution in [2.24, 2.45) is 5.73 Å². The minimum Gasteiger partial charge on any atom is -0.493 e. The third kappa shape index (κ3) is 4.93. The molecule has 1 amide bonds. The predicted molar refractivity (Wildman–Crippen MR) is 89.2 cm³/mol. The first-order chi connectivity index (χ1) is 11.5. The van der Waals surface area contributed by atoms with Crippen LogP contribution < -0.4 is 20.5 Å². The molecule has 0 spiro atoms. The number of thiophene rings is 1. The van der Waals surface area contributed by atoms with Gasteiger partial charge in [0.1, 0.15) is 0 Å². The van der Waals surface area contributed by atoms with Crippen molar-refractivity contribution in [1.82, 2.24) is 5.32 Å². The number of primary amides is 1. The van der Waals surface area contributed by atoms with Gasteiger partial charge in [-0.15, -0.1) is 0 Å². The van der Waals surface area contributed by atoms with Gasteiger partial charge in [0.2, 0.25) is 0 Å². The highest BCUT2D eigenvalue weighted by atomic mass is 32.1. The molecule has 8 nitrogen and oxygen atoms in total. The number of rotatable bonds is 9. The Labute approximate surface area is 142 Å². The molecule has 0 aliphatic carbocycles. The summed E-state index contributed by atoms with van der Waals surface area (Å²) in [4.78, 5) is 21.0. The topological polar surface area (TPSA) is 117 Å². The van der Waals surface area contributed by atoms with Gasteiger partial charge in [0, 0.05) is 24.5 Å². The van der Waals surface area contributed by atoms with Crippen LogP contribution in [-0.2, 0) is 17.9 Å². The molecular weight excluding hydrogens is 334 g/mol. The van der Waals surface area contributed by atoms with E-state index in [0.29, 0.717) is 24.6 Å². The Bertz CT molecular complexity index is 732. The average molecular weight is 351 g/mol. The van der Waals surface area contributed by atoms with E-state index in [-0.39, 0.29) is 11.6 Å². The normalized spacial score (nSPS) is 10.4. The summed E-state index contributed by atoms with van der Waals surface area (Å²) in [7, 11) is 1.51. The molecule has 9 heteroatoms. The summed E-state index contributed by atoms with van der Waals surface area (Å²) in [6.45, 7) is 0.855. The molecule has 0 bridgehead atoms. The van der Waals surface area contributed by atoms with E-state index < -0.39 is 10.8 Å². The Kier molecular flexibility index (Phi) is 6.10. The lowest BCUT2D eigenvalue weighted by atomic mass is 10.2. The van der Waals surface area contributed by atoms with Crippen LogP contribution in [0.5, 0.6) is 11.5 Å². The van der Waals surface area contributed by atoms with Crippen molar-refractivity contribution in [2.45, 2.75) is 13.1 Å². The van der Waals surface area contributed by atoms with Gasteiger partial charge in [-0.25, -0.2) is 0 Å². The van der Waals surface area contributed by atoms with Gasteiger partial charge in [0.25, 0.3) is 5.91 Å². The van der Waals surface area contributed by atoms with Gasteiger partial charge >= 0.3 is 5.00 Å². The smallest absolute Gasteiger partial charge is 0.324 e. The zero-order valence-electron chi connectivity index (χ0n) is 13.0. The number of amides is 1. The van der Waals surface area contributed by atoms with Crippen LogP contribution in [0.1, 0.15) is 11.1 Å². The summed E-state index contributed by atoms with van der Waals surface area (Å²) < 4.78 is 10.5. The van der Waals surface area contributed by atoms with Gasteiger partial charge in [-0.1, -0.05) is 17.4 Å². The minimum absolute atomic E-state index is 0.129. The summed E-state index contributed by atoms with van der Waals surface area (Å²) in [5.41, 5.74) is 6.86. The summed E-state index contributed by atoms with van der Waals surface area (Å²) in [6.07, 6.45) is 0. The number of nitrogens with zero attached hydrogens (tertiary/aromatic N) is 1. The molecule has 0 atom stereocenters. The van der Waals surface area contributed by atoms with Crippen molar-refractivity contribution in [1.29, 1.82) is 0 Å². The van der Waals surface area contributed by atoms with Crippen LogP contribution in [0, 0.1) is 10.1 Å². The number of methoxy groups -OCH3 is 1. The monoisotopic (exact) mass is 351 g/mol. The summed E-state index contributed by atoms with van der Waals surface area (Å²) >= 11 is 1.11.